The largest absolute Gasteiger partial charge is 0.496 e. The first-order valence-electron chi connectivity index (χ1n) is 8.01. The van der Waals surface area contributed by atoms with E-state index in [0.29, 0.717) is 12.3 Å². The minimum absolute atomic E-state index is 0.135. The first-order valence-corrected chi connectivity index (χ1v) is 9.16. The molecule has 0 aliphatic carbocycles. The number of rotatable bonds is 7. The number of hydrogen-bond donors (Lipinski definition) is 0. The molecule has 2 rings (SSSR count). The predicted molar refractivity (Wildman–Crippen MR) is 102 cm³/mol. The highest BCUT2D eigenvalue weighted by Crippen LogP contribution is 2.20. The van der Waals surface area contributed by atoms with Crippen LogP contribution in [-0.2, 0) is 17.1 Å². The second-order valence-electron chi connectivity index (χ2n) is 5.98. The lowest BCUT2D eigenvalue weighted by molar-refractivity contribution is -0.127. The number of hydrogen-bond acceptors (Lipinski definition) is 3. The van der Waals surface area contributed by atoms with Crippen molar-refractivity contribution in [3.63, 3.8) is 0 Å². The van der Waals surface area contributed by atoms with Gasteiger partial charge in [-0.15, -0.1) is 11.8 Å². The maximum atomic E-state index is 12.4. The number of aryl methyl sites for hydroxylation is 2. The number of methoxy groups -OCH3 is 1. The van der Waals surface area contributed by atoms with Gasteiger partial charge in [-0.05, 0) is 31.0 Å². The molecule has 0 aliphatic heterocycles. The lowest BCUT2D eigenvalue weighted by Gasteiger charge is -2.19. The van der Waals surface area contributed by atoms with E-state index in [4.69, 9.17) is 4.74 Å². The van der Waals surface area contributed by atoms with Crippen LogP contribution in [0.1, 0.15) is 22.3 Å². The molecule has 0 spiro atoms. The van der Waals surface area contributed by atoms with Gasteiger partial charge in [0.25, 0.3) is 0 Å². The van der Waals surface area contributed by atoms with E-state index in [1.165, 1.54) is 16.7 Å². The Balaban J connectivity index is 1.86. The molecule has 0 radical (unpaired) electrons. The number of amides is 1. The zero-order valence-corrected chi connectivity index (χ0v) is 15.7. The third-order valence-electron chi connectivity index (χ3n) is 4.01. The monoisotopic (exact) mass is 343 g/mol. The summed E-state index contributed by atoms with van der Waals surface area (Å²) in [6.45, 7) is 4.78. The molecule has 3 nitrogen and oxygen atoms in total. The summed E-state index contributed by atoms with van der Waals surface area (Å²) in [7, 11) is 3.49. The van der Waals surface area contributed by atoms with Crippen LogP contribution in [0.4, 0.5) is 0 Å². The summed E-state index contributed by atoms with van der Waals surface area (Å²) in [6.07, 6.45) is 0. The summed E-state index contributed by atoms with van der Waals surface area (Å²) < 4.78 is 5.35. The van der Waals surface area contributed by atoms with E-state index < -0.39 is 0 Å². The molecule has 0 bridgehead atoms. The van der Waals surface area contributed by atoms with E-state index in [-0.39, 0.29) is 5.91 Å². The van der Waals surface area contributed by atoms with Gasteiger partial charge in [0.05, 0.1) is 12.9 Å². The number of ether oxygens (including phenoxy) is 1. The molecule has 4 heteroatoms. The second-order valence-corrected chi connectivity index (χ2v) is 6.97. The fraction of sp³-hybridized carbons (Fsp3) is 0.350. The van der Waals surface area contributed by atoms with Gasteiger partial charge in [-0.25, -0.2) is 0 Å². The summed E-state index contributed by atoms with van der Waals surface area (Å²) in [6, 6.07) is 14.3. The molecule has 0 N–H and O–H groups in total. The van der Waals surface area contributed by atoms with Gasteiger partial charge in [0.2, 0.25) is 5.91 Å². The van der Waals surface area contributed by atoms with Gasteiger partial charge in [0, 0.05) is 24.9 Å². The molecular weight excluding hydrogens is 318 g/mol. The molecule has 0 heterocycles. The van der Waals surface area contributed by atoms with Crippen molar-refractivity contribution in [2.45, 2.75) is 26.1 Å². The minimum Gasteiger partial charge on any atom is -0.496 e. The normalized spacial score (nSPS) is 10.5. The van der Waals surface area contributed by atoms with Crippen molar-refractivity contribution >= 4 is 17.7 Å². The zero-order chi connectivity index (χ0) is 17.5. The Bertz CT molecular complexity index is 700. The zero-order valence-electron chi connectivity index (χ0n) is 14.8. The van der Waals surface area contributed by atoms with Crippen molar-refractivity contribution < 1.29 is 9.53 Å². The summed E-state index contributed by atoms with van der Waals surface area (Å²) in [4.78, 5) is 14.1. The van der Waals surface area contributed by atoms with Crippen LogP contribution in [0.15, 0.2) is 42.5 Å². The van der Waals surface area contributed by atoms with Gasteiger partial charge in [0.1, 0.15) is 5.75 Å². The molecule has 2 aromatic carbocycles. The fourth-order valence-corrected chi connectivity index (χ4v) is 3.52. The highest BCUT2D eigenvalue weighted by Gasteiger charge is 2.12. The molecule has 0 saturated heterocycles. The van der Waals surface area contributed by atoms with Gasteiger partial charge < -0.3 is 9.64 Å². The van der Waals surface area contributed by atoms with Crippen LogP contribution in [-0.4, -0.2) is 30.7 Å². The molecular formula is C20H25NO2S. The van der Waals surface area contributed by atoms with Crippen molar-refractivity contribution in [3.8, 4) is 5.75 Å². The van der Waals surface area contributed by atoms with E-state index in [2.05, 4.69) is 32.0 Å². The second kappa shape index (κ2) is 8.78. The Kier molecular flexibility index (Phi) is 6.73. The summed E-state index contributed by atoms with van der Waals surface area (Å²) in [5.74, 6) is 2.30. The summed E-state index contributed by atoms with van der Waals surface area (Å²) in [5.41, 5.74) is 4.87. The number of para-hydroxylation sites is 1. The number of benzene rings is 2. The molecule has 0 fully saturated rings. The number of carbonyl (C=O) groups is 1. The van der Waals surface area contributed by atoms with Crippen molar-refractivity contribution in [1.82, 2.24) is 4.90 Å². The van der Waals surface area contributed by atoms with Crippen LogP contribution < -0.4 is 4.74 Å². The first kappa shape index (κ1) is 18.4. The van der Waals surface area contributed by atoms with E-state index in [1.54, 1.807) is 23.8 Å². The number of nitrogens with zero attached hydrogens (tertiary/aromatic N) is 1. The lowest BCUT2D eigenvalue weighted by Crippen LogP contribution is -2.28. The van der Waals surface area contributed by atoms with Gasteiger partial charge in [-0.2, -0.15) is 0 Å². The molecule has 2 aromatic rings. The maximum absolute atomic E-state index is 12.4. The topological polar surface area (TPSA) is 29.5 Å². The van der Waals surface area contributed by atoms with E-state index in [1.807, 2.05) is 31.3 Å². The van der Waals surface area contributed by atoms with Crippen molar-refractivity contribution in [2.75, 3.05) is 19.9 Å². The van der Waals surface area contributed by atoms with Crippen LogP contribution >= 0.6 is 11.8 Å². The molecule has 0 saturated carbocycles. The van der Waals surface area contributed by atoms with Crippen molar-refractivity contribution in [3.05, 3.63) is 64.7 Å². The van der Waals surface area contributed by atoms with Crippen molar-refractivity contribution in [1.29, 1.82) is 0 Å². The SMILES string of the molecule is COc1ccccc1CN(C)C(=O)CSCc1cc(C)ccc1C. The lowest BCUT2D eigenvalue weighted by atomic mass is 10.1. The molecule has 24 heavy (non-hydrogen) atoms. The van der Waals surface area contributed by atoms with Gasteiger partial charge in [0.15, 0.2) is 0 Å². The van der Waals surface area contributed by atoms with Crippen LogP contribution in [0.3, 0.4) is 0 Å². The molecule has 0 aliphatic rings. The molecule has 0 unspecified atom stereocenters. The Morgan fingerprint density at radius 2 is 1.88 bits per heavy atom. The van der Waals surface area contributed by atoms with E-state index in [0.717, 1.165) is 17.1 Å². The first-order chi connectivity index (χ1) is 11.5. The highest BCUT2D eigenvalue weighted by molar-refractivity contribution is 7.99. The average molecular weight is 343 g/mol. The molecule has 128 valence electrons. The molecule has 1 amide bonds. The molecule has 0 aromatic heterocycles. The van der Waals surface area contributed by atoms with Gasteiger partial charge >= 0.3 is 0 Å². The number of carbonyl (C=O) groups excluding carboxylic acids is 1. The average Bonchev–Trinajstić information content (AvgIpc) is 2.58. The Morgan fingerprint density at radius 3 is 2.62 bits per heavy atom. The van der Waals surface area contributed by atoms with Crippen molar-refractivity contribution in [2.24, 2.45) is 0 Å². The van der Waals surface area contributed by atoms with Crippen LogP contribution in [0, 0.1) is 13.8 Å². The smallest absolute Gasteiger partial charge is 0.232 e. The Labute approximate surface area is 149 Å². The van der Waals surface area contributed by atoms with Crippen LogP contribution in [0.25, 0.3) is 0 Å². The Hall–Kier alpha value is -1.94. The summed E-state index contributed by atoms with van der Waals surface area (Å²) >= 11 is 1.66. The Morgan fingerprint density at radius 1 is 1.12 bits per heavy atom. The maximum Gasteiger partial charge on any atom is 0.232 e. The fourth-order valence-electron chi connectivity index (χ4n) is 2.49. The minimum atomic E-state index is 0.135. The van der Waals surface area contributed by atoms with E-state index in [9.17, 15) is 4.79 Å². The standard InChI is InChI=1S/C20H25NO2S/c1-15-9-10-16(2)18(11-15)13-24-14-20(22)21(3)12-17-7-5-6-8-19(17)23-4/h5-11H,12-14H2,1-4H3. The van der Waals surface area contributed by atoms with Gasteiger partial charge in [-0.1, -0.05) is 42.0 Å². The van der Waals surface area contributed by atoms with E-state index >= 15 is 0 Å². The molecule has 0 atom stereocenters. The quantitative estimate of drug-likeness (QED) is 0.754. The van der Waals surface area contributed by atoms with Crippen LogP contribution in [0.5, 0.6) is 5.75 Å². The summed E-state index contributed by atoms with van der Waals surface area (Å²) in [5, 5.41) is 0. The number of thioether (sulfide) groups is 1. The third kappa shape index (κ3) is 5.03. The highest BCUT2D eigenvalue weighted by atomic mass is 32.2. The predicted octanol–water partition coefficient (Wildman–Crippen LogP) is 4.20. The third-order valence-corrected chi connectivity index (χ3v) is 4.98. The van der Waals surface area contributed by atoms with Gasteiger partial charge in [-0.3, -0.25) is 4.79 Å². The van der Waals surface area contributed by atoms with Crippen LogP contribution in [0.2, 0.25) is 0 Å².